The molecule has 0 aromatic carbocycles. The Kier molecular flexibility index (Phi) is 3.40. The molecule has 0 saturated carbocycles. The first-order chi connectivity index (χ1) is 8.41. The third-order valence-electron chi connectivity index (χ3n) is 2.76. The molecule has 1 aliphatic heterocycles. The standard InChI is InChI=1S/C10H12F3N3O2/c1-18-7-5-16(4-6(7)17)9-14-3-2-8(15-9)10(11,12)13/h2-3,6-7,17H,4-5H2,1H3/t6-,7-/m1/s1. The lowest BCUT2D eigenvalue weighted by Crippen LogP contribution is -2.25. The number of anilines is 1. The molecule has 2 atom stereocenters. The number of alkyl halides is 3. The van der Waals surface area contributed by atoms with Crippen molar-refractivity contribution < 1.29 is 23.0 Å². The Morgan fingerprint density at radius 2 is 2.17 bits per heavy atom. The fourth-order valence-electron chi connectivity index (χ4n) is 1.81. The molecule has 5 nitrogen and oxygen atoms in total. The second-order valence-electron chi connectivity index (χ2n) is 3.99. The Labute approximate surface area is 101 Å². The summed E-state index contributed by atoms with van der Waals surface area (Å²) in [5, 5.41) is 9.61. The van der Waals surface area contributed by atoms with Crippen molar-refractivity contribution in [1.29, 1.82) is 0 Å². The van der Waals surface area contributed by atoms with Gasteiger partial charge in [0.05, 0.1) is 6.10 Å². The van der Waals surface area contributed by atoms with Crippen LogP contribution in [0.3, 0.4) is 0 Å². The number of hydrogen-bond donors (Lipinski definition) is 1. The number of β-amino-alcohol motifs (C(OH)–C–C–N with tert-alkyl or cyclic N) is 1. The Morgan fingerprint density at radius 3 is 2.72 bits per heavy atom. The van der Waals surface area contributed by atoms with Crippen molar-refractivity contribution in [1.82, 2.24) is 9.97 Å². The Bertz CT molecular complexity index is 427. The van der Waals surface area contributed by atoms with Crippen LogP contribution in [0.4, 0.5) is 19.1 Å². The summed E-state index contributed by atoms with van der Waals surface area (Å²) < 4.78 is 42.5. The fraction of sp³-hybridized carbons (Fsp3) is 0.600. The second kappa shape index (κ2) is 4.69. The second-order valence-corrected chi connectivity index (χ2v) is 3.99. The minimum absolute atomic E-state index is 0.0524. The number of hydrogen-bond acceptors (Lipinski definition) is 5. The zero-order valence-corrected chi connectivity index (χ0v) is 9.55. The lowest BCUT2D eigenvalue weighted by Gasteiger charge is -2.16. The average molecular weight is 263 g/mol. The molecule has 0 unspecified atom stereocenters. The van der Waals surface area contributed by atoms with Gasteiger partial charge in [-0.25, -0.2) is 9.97 Å². The van der Waals surface area contributed by atoms with E-state index in [1.165, 1.54) is 12.0 Å². The number of aliphatic hydroxyl groups excluding tert-OH is 1. The van der Waals surface area contributed by atoms with E-state index in [2.05, 4.69) is 9.97 Å². The van der Waals surface area contributed by atoms with E-state index in [-0.39, 0.29) is 19.0 Å². The van der Waals surface area contributed by atoms with E-state index < -0.39 is 24.1 Å². The molecule has 100 valence electrons. The molecule has 0 radical (unpaired) electrons. The first kappa shape index (κ1) is 13.0. The van der Waals surface area contributed by atoms with Gasteiger partial charge in [-0.1, -0.05) is 0 Å². The van der Waals surface area contributed by atoms with Crippen molar-refractivity contribution in [2.24, 2.45) is 0 Å². The molecule has 2 rings (SSSR count). The van der Waals surface area contributed by atoms with Gasteiger partial charge in [0.15, 0.2) is 0 Å². The summed E-state index contributed by atoms with van der Waals surface area (Å²) in [5.74, 6) is -0.0524. The molecule has 8 heteroatoms. The summed E-state index contributed by atoms with van der Waals surface area (Å²) >= 11 is 0. The van der Waals surface area contributed by atoms with Crippen LogP contribution in [0, 0.1) is 0 Å². The molecule has 1 aromatic rings. The van der Waals surface area contributed by atoms with Gasteiger partial charge in [0.1, 0.15) is 11.8 Å². The molecule has 1 aromatic heterocycles. The van der Waals surface area contributed by atoms with Gasteiger partial charge >= 0.3 is 6.18 Å². The maximum absolute atomic E-state index is 12.5. The summed E-state index contributed by atoms with van der Waals surface area (Å²) in [6, 6.07) is 0.809. The lowest BCUT2D eigenvalue weighted by atomic mass is 10.3. The molecule has 1 N–H and O–H groups in total. The molecular formula is C10H12F3N3O2. The van der Waals surface area contributed by atoms with Crippen LogP contribution < -0.4 is 4.90 Å². The quantitative estimate of drug-likeness (QED) is 0.850. The van der Waals surface area contributed by atoms with Crippen LogP contribution in [-0.4, -0.2) is 47.5 Å². The summed E-state index contributed by atoms with van der Waals surface area (Å²) in [6.45, 7) is 0.415. The summed E-state index contributed by atoms with van der Waals surface area (Å²) in [4.78, 5) is 8.70. The predicted molar refractivity (Wildman–Crippen MR) is 56.1 cm³/mol. The van der Waals surface area contributed by atoms with Gasteiger partial charge in [-0.05, 0) is 6.07 Å². The summed E-state index contributed by atoms with van der Waals surface area (Å²) in [7, 11) is 1.43. The Balaban J connectivity index is 2.20. The molecule has 1 fully saturated rings. The molecule has 1 saturated heterocycles. The molecule has 0 aliphatic carbocycles. The zero-order valence-electron chi connectivity index (χ0n) is 9.55. The third-order valence-corrected chi connectivity index (χ3v) is 2.76. The maximum Gasteiger partial charge on any atom is 0.433 e. The van der Waals surface area contributed by atoms with Gasteiger partial charge in [-0.15, -0.1) is 0 Å². The van der Waals surface area contributed by atoms with Crippen molar-refractivity contribution in [3.05, 3.63) is 18.0 Å². The normalized spacial score (nSPS) is 24.6. The molecule has 0 amide bonds. The van der Waals surface area contributed by atoms with Gasteiger partial charge in [-0.2, -0.15) is 13.2 Å². The summed E-state index contributed by atoms with van der Waals surface area (Å²) in [5.41, 5.74) is -0.997. The number of aliphatic hydroxyl groups is 1. The Morgan fingerprint density at radius 1 is 1.44 bits per heavy atom. The highest BCUT2D eigenvalue weighted by Crippen LogP contribution is 2.28. The van der Waals surface area contributed by atoms with Gasteiger partial charge < -0.3 is 14.7 Å². The van der Waals surface area contributed by atoms with Crippen LogP contribution in [0.1, 0.15) is 5.69 Å². The summed E-state index contributed by atoms with van der Waals surface area (Å²) in [6.07, 6.45) is -4.65. The van der Waals surface area contributed by atoms with Crippen molar-refractivity contribution in [2.45, 2.75) is 18.4 Å². The van der Waals surface area contributed by atoms with Crippen LogP contribution in [-0.2, 0) is 10.9 Å². The fourth-order valence-corrected chi connectivity index (χ4v) is 1.81. The Hall–Kier alpha value is -1.41. The first-order valence-electron chi connectivity index (χ1n) is 5.28. The largest absolute Gasteiger partial charge is 0.433 e. The SMILES string of the molecule is CO[C@@H]1CN(c2nccc(C(F)(F)F)n2)C[C@H]1O. The molecule has 0 bridgehead atoms. The lowest BCUT2D eigenvalue weighted by molar-refractivity contribution is -0.141. The topological polar surface area (TPSA) is 58.5 Å². The minimum atomic E-state index is -4.50. The van der Waals surface area contributed by atoms with Crippen LogP contribution in [0.15, 0.2) is 12.3 Å². The first-order valence-corrected chi connectivity index (χ1v) is 5.28. The number of nitrogens with zero attached hydrogens (tertiary/aromatic N) is 3. The van der Waals surface area contributed by atoms with E-state index >= 15 is 0 Å². The van der Waals surface area contributed by atoms with Crippen LogP contribution in [0.5, 0.6) is 0 Å². The van der Waals surface area contributed by atoms with Crippen LogP contribution in [0.2, 0.25) is 0 Å². The van der Waals surface area contributed by atoms with Crippen molar-refractivity contribution >= 4 is 5.95 Å². The van der Waals surface area contributed by atoms with E-state index in [4.69, 9.17) is 4.74 Å². The number of ether oxygens (including phenoxy) is 1. The molecular weight excluding hydrogens is 251 g/mol. The van der Waals surface area contributed by atoms with Crippen molar-refractivity contribution in [2.75, 3.05) is 25.1 Å². The number of aromatic nitrogens is 2. The highest BCUT2D eigenvalue weighted by molar-refractivity contribution is 5.34. The minimum Gasteiger partial charge on any atom is -0.388 e. The van der Waals surface area contributed by atoms with Gasteiger partial charge in [0, 0.05) is 26.4 Å². The van der Waals surface area contributed by atoms with Gasteiger partial charge in [0.25, 0.3) is 0 Å². The van der Waals surface area contributed by atoms with E-state index in [0.717, 1.165) is 12.3 Å². The van der Waals surface area contributed by atoms with E-state index in [0.29, 0.717) is 0 Å². The van der Waals surface area contributed by atoms with Gasteiger partial charge in [-0.3, -0.25) is 0 Å². The van der Waals surface area contributed by atoms with E-state index in [1.54, 1.807) is 0 Å². The molecule has 2 heterocycles. The average Bonchev–Trinajstić information content (AvgIpc) is 2.70. The smallest absolute Gasteiger partial charge is 0.388 e. The van der Waals surface area contributed by atoms with Gasteiger partial charge in [0.2, 0.25) is 5.95 Å². The number of halogens is 3. The molecule has 1 aliphatic rings. The van der Waals surface area contributed by atoms with E-state index in [1.807, 2.05) is 0 Å². The predicted octanol–water partition coefficient (Wildman–Crippen LogP) is 0.691. The van der Waals surface area contributed by atoms with E-state index in [9.17, 15) is 18.3 Å². The zero-order chi connectivity index (χ0) is 13.3. The monoisotopic (exact) mass is 263 g/mol. The maximum atomic E-state index is 12.5. The number of methoxy groups -OCH3 is 1. The highest BCUT2D eigenvalue weighted by Gasteiger charge is 2.36. The number of rotatable bonds is 2. The molecule has 0 spiro atoms. The highest BCUT2D eigenvalue weighted by atomic mass is 19.4. The van der Waals surface area contributed by atoms with Crippen LogP contribution in [0.25, 0.3) is 0 Å². The van der Waals surface area contributed by atoms with Crippen molar-refractivity contribution in [3.63, 3.8) is 0 Å². The molecule has 18 heavy (non-hydrogen) atoms. The third kappa shape index (κ3) is 2.54. The van der Waals surface area contributed by atoms with Crippen LogP contribution >= 0.6 is 0 Å². The van der Waals surface area contributed by atoms with Crippen molar-refractivity contribution in [3.8, 4) is 0 Å².